The van der Waals surface area contributed by atoms with Crippen LogP contribution >= 0.6 is 0 Å². The molecular weight excluding hydrogens is 408 g/mol. The molecule has 10 heteroatoms. The zero-order valence-electron chi connectivity index (χ0n) is 18.4. The van der Waals surface area contributed by atoms with Gasteiger partial charge in [-0.15, -0.1) is 10.2 Å². The molecule has 10 nitrogen and oxygen atoms in total. The molecule has 1 aliphatic carbocycles. The number of anilines is 2. The highest BCUT2D eigenvalue weighted by Gasteiger charge is 2.39. The van der Waals surface area contributed by atoms with E-state index in [1.807, 2.05) is 11.5 Å². The number of rotatable bonds is 4. The lowest BCUT2D eigenvalue weighted by Gasteiger charge is -2.41. The van der Waals surface area contributed by atoms with Gasteiger partial charge in [0, 0.05) is 17.8 Å². The number of nitrogens with one attached hydrogen (secondary N) is 1. The van der Waals surface area contributed by atoms with Gasteiger partial charge in [-0.25, -0.2) is 14.8 Å². The molecule has 32 heavy (non-hydrogen) atoms. The molecule has 4 heterocycles. The lowest BCUT2D eigenvalue weighted by atomic mass is 10.0. The van der Waals surface area contributed by atoms with E-state index >= 15 is 0 Å². The number of methoxy groups -OCH3 is 1. The molecule has 166 valence electrons. The maximum absolute atomic E-state index is 11.9. The summed E-state index contributed by atoms with van der Waals surface area (Å²) < 4.78 is 6.78. The lowest BCUT2D eigenvalue weighted by molar-refractivity contribution is 0.187. The van der Waals surface area contributed by atoms with E-state index in [9.17, 15) is 4.79 Å². The minimum atomic E-state index is -0.568. The van der Waals surface area contributed by atoms with Crippen molar-refractivity contribution in [3.63, 3.8) is 0 Å². The molecule has 0 unspecified atom stereocenters. The molecule has 2 aliphatic rings. The van der Waals surface area contributed by atoms with Gasteiger partial charge in [-0.2, -0.15) is 0 Å². The summed E-state index contributed by atoms with van der Waals surface area (Å²) in [5, 5.41) is 11.4. The second-order valence-corrected chi connectivity index (χ2v) is 8.17. The number of nitrogens with zero attached hydrogens (tertiary/aromatic N) is 7. The van der Waals surface area contributed by atoms with E-state index in [0.29, 0.717) is 23.1 Å². The summed E-state index contributed by atoms with van der Waals surface area (Å²) in [4.78, 5) is 28.3. The van der Waals surface area contributed by atoms with Crippen molar-refractivity contribution in [1.29, 1.82) is 0 Å². The predicted octanol–water partition coefficient (Wildman–Crippen LogP) is 3.82. The first kappa shape index (κ1) is 20.3. The summed E-state index contributed by atoms with van der Waals surface area (Å²) in [7, 11) is 1.33. The molecule has 1 N–H and O–H groups in total. The van der Waals surface area contributed by atoms with Crippen LogP contribution in [-0.4, -0.2) is 49.0 Å². The Bertz CT molecular complexity index is 1150. The molecule has 3 aromatic heterocycles. The Morgan fingerprint density at radius 2 is 2.09 bits per heavy atom. The van der Waals surface area contributed by atoms with E-state index in [0.717, 1.165) is 42.3 Å². The summed E-state index contributed by atoms with van der Waals surface area (Å²) >= 11 is 0. The van der Waals surface area contributed by atoms with Crippen LogP contribution < -0.4 is 10.2 Å². The standard InChI is InChI=1S/C22H26N8O2/c1-4-17-20-28-24-12-29(20)18-13(2)25-19(27-21(18)30(17)14-7-5-6-8-14)15-9-10-23-11-16(15)26-22(31)32-3/h9-12,14,17H,4-8H2,1-3H3,(H,26,31)/t17-/m1/s1. The highest BCUT2D eigenvalue weighted by Crippen LogP contribution is 2.44. The number of amides is 1. The van der Waals surface area contributed by atoms with Crippen LogP contribution in [0.5, 0.6) is 0 Å². The smallest absolute Gasteiger partial charge is 0.411 e. The Balaban J connectivity index is 1.69. The Morgan fingerprint density at radius 3 is 2.84 bits per heavy atom. The maximum Gasteiger partial charge on any atom is 0.411 e. The highest BCUT2D eigenvalue weighted by molar-refractivity contribution is 5.90. The molecule has 0 spiro atoms. The van der Waals surface area contributed by atoms with Gasteiger partial charge in [-0.05, 0) is 32.3 Å². The fourth-order valence-corrected chi connectivity index (χ4v) is 4.89. The number of aryl methyl sites for hydroxylation is 1. The van der Waals surface area contributed by atoms with E-state index in [4.69, 9.17) is 14.7 Å². The molecule has 3 aromatic rings. The fourth-order valence-electron chi connectivity index (χ4n) is 4.89. The Hall–Kier alpha value is -3.56. The number of carbonyl (C=O) groups is 1. The van der Waals surface area contributed by atoms with Crippen molar-refractivity contribution < 1.29 is 9.53 Å². The molecule has 1 aliphatic heterocycles. The molecule has 1 amide bonds. The van der Waals surface area contributed by atoms with E-state index in [1.54, 1.807) is 24.8 Å². The van der Waals surface area contributed by atoms with Gasteiger partial charge in [0.15, 0.2) is 17.5 Å². The molecule has 0 bridgehead atoms. The SMILES string of the molecule is CC[C@@H]1c2nncn2-c2c(C)nc(-c3ccncc3NC(=O)OC)nc2N1C1CCCC1. The average Bonchev–Trinajstić information content (AvgIpc) is 3.50. The summed E-state index contributed by atoms with van der Waals surface area (Å²) in [5.74, 6) is 2.35. The van der Waals surface area contributed by atoms with Gasteiger partial charge in [-0.1, -0.05) is 19.8 Å². The van der Waals surface area contributed by atoms with Gasteiger partial charge < -0.3 is 9.64 Å². The zero-order chi connectivity index (χ0) is 22.2. The number of aromatic nitrogens is 6. The molecule has 0 aromatic carbocycles. The fraction of sp³-hybridized carbons (Fsp3) is 0.455. The van der Waals surface area contributed by atoms with Crippen molar-refractivity contribution in [2.45, 2.75) is 58.0 Å². The number of fused-ring (bicyclic) bond motifs is 3. The summed E-state index contributed by atoms with van der Waals surface area (Å²) in [6.45, 7) is 4.15. The van der Waals surface area contributed by atoms with Crippen molar-refractivity contribution in [3.05, 3.63) is 36.3 Å². The lowest BCUT2D eigenvalue weighted by Crippen LogP contribution is -2.42. The van der Waals surface area contributed by atoms with E-state index < -0.39 is 6.09 Å². The van der Waals surface area contributed by atoms with Gasteiger partial charge in [0.1, 0.15) is 12.0 Å². The predicted molar refractivity (Wildman–Crippen MR) is 119 cm³/mol. The van der Waals surface area contributed by atoms with Crippen LogP contribution in [0.1, 0.15) is 56.6 Å². The van der Waals surface area contributed by atoms with Gasteiger partial charge in [0.05, 0.1) is 30.7 Å². The quantitative estimate of drug-likeness (QED) is 0.660. The summed E-state index contributed by atoms with van der Waals surface area (Å²) in [6, 6.07) is 2.30. The summed E-state index contributed by atoms with van der Waals surface area (Å²) in [5.41, 5.74) is 2.93. The van der Waals surface area contributed by atoms with E-state index in [2.05, 4.69) is 32.3 Å². The van der Waals surface area contributed by atoms with Gasteiger partial charge >= 0.3 is 6.09 Å². The number of pyridine rings is 1. The van der Waals surface area contributed by atoms with Crippen LogP contribution in [0.3, 0.4) is 0 Å². The second-order valence-electron chi connectivity index (χ2n) is 8.17. The number of carbonyl (C=O) groups excluding carboxylic acids is 1. The number of hydrogen-bond acceptors (Lipinski definition) is 8. The molecule has 1 atom stereocenters. The maximum atomic E-state index is 11.9. The largest absolute Gasteiger partial charge is 0.453 e. The van der Waals surface area contributed by atoms with Gasteiger partial charge in [0.25, 0.3) is 0 Å². The number of hydrogen-bond donors (Lipinski definition) is 1. The molecular formula is C22H26N8O2. The van der Waals surface area contributed by atoms with Crippen LogP contribution in [0.4, 0.5) is 16.3 Å². The third kappa shape index (κ3) is 3.26. The molecule has 1 saturated carbocycles. The molecule has 1 fully saturated rings. The first-order valence-corrected chi connectivity index (χ1v) is 11.0. The van der Waals surface area contributed by atoms with Crippen molar-refractivity contribution in [2.24, 2.45) is 0 Å². The summed E-state index contributed by atoms with van der Waals surface area (Å²) in [6.07, 6.45) is 10.0. The second kappa shape index (κ2) is 8.18. The number of ether oxygens (including phenoxy) is 1. The van der Waals surface area contributed by atoms with E-state index in [1.165, 1.54) is 20.0 Å². The highest BCUT2D eigenvalue weighted by atomic mass is 16.5. The minimum Gasteiger partial charge on any atom is -0.453 e. The zero-order valence-corrected chi connectivity index (χ0v) is 18.4. The van der Waals surface area contributed by atoms with Crippen LogP contribution in [0.15, 0.2) is 24.8 Å². The third-order valence-electron chi connectivity index (χ3n) is 6.32. The van der Waals surface area contributed by atoms with Crippen LogP contribution in [-0.2, 0) is 4.74 Å². The van der Waals surface area contributed by atoms with E-state index in [-0.39, 0.29) is 6.04 Å². The molecule has 0 saturated heterocycles. The van der Waals surface area contributed by atoms with Crippen molar-refractivity contribution in [3.8, 4) is 17.1 Å². The minimum absolute atomic E-state index is 0.0976. The first-order chi connectivity index (χ1) is 15.6. The average molecular weight is 435 g/mol. The Morgan fingerprint density at radius 1 is 1.28 bits per heavy atom. The Labute approximate surface area is 186 Å². The van der Waals surface area contributed by atoms with Crippen molar-refractivity contribution in [2.75, 3.05) is 17.3 Å². The van der Waals surface area contributed by atoms with Gasteiger partial charge in [0.2, 0.25) is 0 Å². The third-order valence-corrected chi connectivity index (χ3v) is 6.32. The molecule has 5 rings (SSSR count). The normalized spacial score (nSPS) is 17.7. The molecule has 0 radical (unpaired) electrons. The first-order valence-electron chi connectivity index (χ1n) is 11.0. The monoisotopic (exact) mass is 434 g/mol. The topological polar surface area (TPSA) is 111 Å². The van der Waals surface area contributed by atoms with Crippen LogP contribution in [0.2, 0.25) is 0 Å². The van der Waals surface area contributed by atoms with Crippen molar-refractivity contribution in [1.82, 2.24) is 29.7 Å². The van der Waals surface area contributed by atoms with Gasteiger partial charge in [-0.3, -0.25) is 14.9 Å². The Kier molecular flexibility index (Phi) is 5.20. The van der Waals surface area contributed by atoms with Crippen LogP contribution in [0, 0.1) is 6.92 Å². The van der Waals surface area contributed by atoms with Crippen molar-refractivity contribution >= 4 is 17.6 Å². The van der Waals surface area contributed by atoms with Crippen LogP contribution in [0.25, 0.3) is 17.1 Å².